The first-order valence-corrected chi connectivity index (χ1v) is 3.59. The summed E-state index contributed by atoms with van der Waals surface area (Å²) in [5.74, 6) is -1.90. The van der Waals surface area contributed by atoms with Crippen molar-refractivity contribution in [1.82, 2.24) is 0 Å². The summed E-state index contributed by atoms with van der Waals surface area (Å²) in [6.45, 7) is 3.24. The van der Waals surface area contributed by atoms with E-state index in [0.29, 0.717) is 6.42 Å². The zero-order valence-corrected chi connectivity index (χ0v) is 6.69. The van der Waals surface area contributed by atoms with Crippen LogP contribution in [-0.4, -0.2) is 33.5 Å². The molecule has 11 heavy (non-hydrogen) atoms. The Morgan fingerprint density at radius 1 is 1.45 bits per heavy atom. The van der Waals surface area contributed by atoms with Crippen molar-refractivity contribution in [3.05, 3.63) is 0 Å². The van der Waals surface area contributed by atoms with Gasteiger partial charge in [0.05, 0.1) is 6.10 Å². The second-order valence-corrected chi connectivity index (χ2v) is 2.62. The summed E-state index contributed by atoms with van der Waals surface area (Å²) in [4.78, 5) is 10.2. The molecule has 4 heteroatoms. The Labute approximate surface area is 65.5 Å². The first kappa shape index (κ1) is 10.4. The van der Waals surface area contributed by atoms with Crippen molar-refractivity contribution in [2.24, 2.45) is 5.92 Å². The summed E-state index contributed by atoms with van der Waals surface area (Å²) < 4.78 is 0. The third-order valence-corrected chi connectivity index (χ3v) is 1.78. The first-order valence-electron chi connectivity index (χ1n) is 3.59. The molecule has 3 atom stereocenters. The van der Waals surface area contributed by atoms with Gasteiger partial charge in [-0.2, -0.15) is 0 Å². The number of aliphatic carboxylic acids is 1. The highest BCUT2D eigenvalue weighted by Crippen LogP contribution is 2.11. The fourth-order valence-corrected chi connectivity index (χ4v) is 0.807. The largest absolute Gasteiger partial charge is 0.479 e. The van der Waals surface area contributed by atoms with Crippen molar-refractivity contribution in [2.75, 3.05) is 0 Å². The molecule has 0 rings (SSSR count). The molecule has 0 aliphatic carbocycles. The first-order chi connectivity index (χ1) is 5.00. The summed E-state index contributed by atoms with van der Waals surface area (Å²) in [7, 11) is 0. The third-order valence-electron chi connectivity index (χ3n) is 1.78. The maximum Gasteiger partial charge on any atom is 0.332 e. The fraction of sp³-hybridized carbons (Fsp3) is 0.857. The summed E-state index contributed by atoms with van der Waals surface area (Å²) in [5, 5.41) is 26.4. The van der Waals surface area contributed by atoms with E-state index in [-0.39, 0.29) is 0 Å². The van der Waals surface area contributed by atoms with E-state index in [1.165, 1.54) is 6.92 Å². The summed E-state index contributed by atoms with van der Waals surface area (Å²) >= 11 is 0. The molecule has 0 aliphatic rings. The fourth-order valence-electron chi connectivity index (χ4n) is 0.807. The van der Waals surface area contributed by atoms with Crippen molar-refractivity contribution in [2.45, 2.75) is 32.5 Å². The van der Waals surface area contributed by atoms with Gasteiger partial charge in [0.15, 0.2) is 6.10 Å². The number of rotatable bonds is 4. The molecule has 0 saturated heterocycles. The highest BCUT2D eigenvalue weighted by Gasteiger charge is 2.26. The molecule has 0 bridgehead atoms. The Hall–Kier alpha value is -0.610. The zero-order valence-electron chi connectivity index (χ0n) is 6.69. The van der Waals surface area contributed by atoms with Crippen LogP contribution in [0.15, 0.2) is 0 Å². The molecular weight excluding hydrogens is 148 g/mol. The predicted molar refractivity (Wildman–Crippen MR) is 39.1 cm³/mol. The van der Waals surface area contributed by atoms with Gasteiger partial charge in [-0.3, -0.25) is 0 Å². The lowest BCUT2D eigenvalue weighted by Crippen LogP contribution is -2.34. The van der Waals surface area contributed by atoms with E-state index in [0.717, 1.165) is 0 Å². The van der Waals surface area contributed by atoms with Gasteiger partial charge >= 0.3 is 5.97 Å². The maximum absolute atomic E-state index is 10.2. The maximum atomic E-state index is 10.2. The van der Waals surface area contributed by atoms with Crippen LogP contribution in [-0.2, 0) is 4.79 Å². The van der Waals surface area contributed by atoms with Crippen molar-refractivity contribution in [3.63, 3.8) is 0 Å². The van der Waals surface area contributed by atoms with E-state index in [1.54, 1.807) is 6.92 Å². The minimum absolute atomic E-state index is 0.450. The lowest BCUT2D eigenvalue weighted by Gasteiger charge is -2.19. The monoisotopic (exact) mass is 162 g/mol. The predicted octanol–water partition coefficient (Wildman–Crippen LogP) is -0.161. The molecule has 0 fully saturated rings. The molecule has 0 spiro atoms. The lowest BCUT2D eigenvalue weighted by atomic mass is 9.96. The van der Waals surface area contributed by atoms with Gasteiger partial charge in [-0.1, -0.05) is 13.8 Å². The van der Waals surface area contributed by atoms with Crippen LogP contribution in [0.5, 0.6) is 0 Å². The van der Waals surface area contributed by atoms with E-state index in [4.69, 9.17) is 15.3 Å². The van der Waals surface area contributed by atoms with Gasteiger partial charge in [0.2, 0.25) is 0 Å². The van der Waals surface area contributed by atoms with Gasteiger partial charge in [-0.25, -0.2) is 4.79 Å². The normalized spacial score (nSPS) is 18.9. The van der Waals surface area contributed by atoms with Crippen LogP contribution in [0.2, 0.25) is 0 Å². The summed E-state index contributed by atoms with van der Waals surface area (Å²) in [5.41, 5.74) is 0. The number of aliphatic hydroxyl groups is 2. The van der Waals surface area contributed by atoms with E-state index < -0.39 is 24.1 Å². The van der Waals surface area contributed by atoms with Crippen molar-refractivity contribution >= 4 is 5.97 Å². The number of hydrogen-bond acceptors (Lipinski definition) is 3. The van der Waals surface area contributed by atoms with Gasteiger partial charge < -0.3 is 15.3 Å². The molecule has 3 N–H and O–H groups in total. The van der Waals surface area contributed by atoms with Crippen LogP contribution >= 0.6 is 0 Å². The molecule has 0 amide bonds. The van der Waals surface area contributed by atoms with Gasteiger partial charge in [-0.15, -0.1) is 0 Å². The molecule has 0 heterocycles. The van der Waals surface area contributed by atoms with E-state index in [9.17, 15) is 4.79 Å². The Morgan fingerprint density at radius 2 is 1.91 bits per heavy atom. The molecule has 0 aromatic heterocycles. The van der Waals surface area contributed by atoms with Crippen LogP contribution in [0.25, 0.3) is 0 Å². The van der Waals surface area contributed by atoms with Crippen LogP contribution in [0.3, 0.4) is 0 Å². The van der Waals surface area contributed by atoms with Crippen LogP contribution in [0, 0.1) is 5.92 Å². The van der Waals surface area contributed by atoms with Crippen LogP contribution in [0.4, 0.5) is 0 Å². The molecule has 0 aromatic rings. The number of carboxylic acid groups (broad SMARTS) is 1. The quantitative estimate of drug-likeness (QED) is 0.536. The SMILES string of the molecule is CC[C@@H](O)[C@@H](C)[C@H](O)C(=O)O. The summed E-state index contributed by atoms with van der Waals surface area (Å²) in [6, 6.07) is 0. The highest BCUT2D eigenvalue weighted by atomic mass is 16.4. The van der Waals surface area contributed by atoms with Gasteiger partial charge in [-0.05, 0) is 6.42 Å². The topological polar surface area (TPSA) is 77.8 Å². The average Bonchev–Trinajstić information content (AvgIpc) is 2.00. The van der Waals surface area contributed by atoms with Gasteiger partial charge in [0, 0.05) is 5.92 Å². The van der Waals surface area contributed by atoms with Crippen LogP contribution in [0.1, 0.15) is 20.3 Å². The molecule has 0 aromatic carbocycles. The molecule has 66 valence electrons. The molecule has 0 unspecified atom stereocenters. The van der Waals surface area contributed by atoms with E-state index >= 15 is 0 Å². The molecule has 0 aliphatic heterocycles. The van der Waals surface area contributed by atoms with E-state index in [1.807, 2.05) is 0 Å². The minimum atomic E-state index is -1.47. The second kappa shape index (κ2) is 4.31. The highest BCUT2D eigenvalue weighted by molar-refractivity contribution is 5.72. The van der Waals surface area contributed by atoms with E-state index in [2.05, 4.69) is 0 Å². The van der Waals surface area contributed by atoms with Crippen molar-refractivity contribution in [3.8, 4) is 0 Å². The zero-order chi connectivity index (χ0) is 9.02. The van der Waals surface area contributed by atoms with Gasteiger partial charge in [0.1, 0.15) is 0 Å². The molecular formula is C7H14O4. The Morgan fingerprint density at radius 3 is 2.18 bits per heavy atom. The second-order valence-electron chi connectivity index (χ2n) is 2.62. The van der Waals surface area contributed by atoms with Crippen molar-refractivity contribution in [1.29, 1.82) is 0 Å². The number of aliphatic hydroxyl groups excluding tert-OH is 2. The Bertz CT molecular complexity index is 134. The third kappa shape index (κ3) is 2.86. The summed E-state index contributed by atoms with van der Waals surface area (Å²) in [6.07, 6.45) is -1.77. The Balaban J connectivity index is 4.00. The number of hydrogen-bond donors (Lipinski definition) is 3. The molecule has 0 saturated carbocycles. The number of carboxylic acids is 1. The van der Waals surface area contributed by atoms with Crippen LogP contribution < -0.4 is 0 Å². The van der Waals surface area contributed by atoms with Crippen molar-refractivity contribution < 1.29 is 20.1 Å². The number of carbonyl (C=O) groups is 1. The van der Waals surface area contributed by atoms with Gasteiger partial charge in [0.25, 0.3) is 0 Å². The smallest absolute Gasteiger partial charge is 0.332 e. The Kier molecular flexibility index (Phi) is 4.07. The standard InChI is InChI=1S/C7H14O4/c1-3-5(8)4(2)6(9)7(10)11/h4-6,8-9H,3H2,1-2H3,(H,10,11)/t4-,5-,6+/m1/s1. The molecule has 0 radical (unpaired) electrons. The minimum Gasteiger partial charge on any atom is -0.479 e. The molecule has 4 nitrogen and oxygen atoms in total. The lowest BCUT2D eigenvalue weighted by molar-refractivity contribution is -0.151. The average molecular weight is 162 g/mol.